The van der Waals surface area contributed by atoms with Crippen LogP contribution in [0, 0.1) is 0 Å². The number of rotatable bonds is 3. The Labute approximate surface area is 116 Å². The zero-order valence-corrected chi connectivity index (χ0v) is 12.0. The third-order valence-electron chi connectivity index (χ3n) is 4.68. The molecule has 0 spiro atoms. The molecule has 0 bridgehead atoms. The number of nitrogens with one attached hydrogen (secondary N) is 1. The van der Waals surface area contributed by atoms with Gasteiger partial charge in [-0.1, -0.05) is 18.9 Å². The van der Waals surface area contributed by atoms with E-state index in [2.05, 4.69) is 30.6 Å². The Kier molecular flexibility index (Phi) is 4.07. The van der Waals surface area contributed by atoms with Gasteiger partial charge in [0.15, 0.2) is 0 Å². The van der Waals surface area contributed by atoms with Gasteiger partial charge in [-0.15, -0.1) is 0 Å². The molecule has 2 aliphatic rings. The standard InChI is InChI=1S/C17H25NO/c1-18-16-8-3-2-4-9-17(16)19-15-11-10-13-6-5-7-14(13)12-15/h10-12,16-18H,2-9H2,1H3. The highest BCUT2D eigenvalue weighted by Gasteiger charge is 2.24. The van der Waals surface area contributed by atoms with Crippen molar-refractivity contribution in [3.05, 3.63) is 29.3 Å². The molecule has 0 heterocycles. The van der Waals surface area contributed by atoms with Crippen molar-refractivity contribution in [1.29, 1.82) is 0 Å². The lowest BCUT2D eigenvalue weighted by Crippen LogP contribution is -2.40. The molecule has 1 aromatic carbocycles. The summed E-state index contributed by atoms with van der Waals surface area (Å²) in [5.74, 6) is 1.08. The van der Waals surface area contributed by atoms with Gasteiger partial charge in [-0.25, -0.2) is 0 Å². The molecule has 2 aliphatic carbocycles. The van der Waals surface area contributed by atoms with Crippen LogP contribution in [0.4, 0.5) is 0 Å². The maximum Gasteiger partial charge on any atom is 0.120 e. The smallest absolute Gasteiger partial charge is 0.120 e. The topological polar surface area (TPSA) is 21.3 Å². The first-order valence-electron chi connectivity index (χ1n) is 7.82. The predicted octanol–water partition coefficient (Wildman–Crippen LogP) is 3.47. The second-order valence-corrected chi connectivity index (χ2v) is 5.97. The number of hydrogen-bond acceptors (Lipinski definition) is 2. The van der Waals surface area contributed by atoms with Crippen LogP contribution in [0.3, 0.4) is 0 Å². The summed E-state index contributed by atoms with van der Waals surface area (Å²) >= 11 is 0. The molecule has 19 heavy (non-hydrogen) atoms. The fraction of sp³-hybridized carbons (Fsp3) is 0.647. The Balaban J connectivity index is 1.72. The molecule has 2 atom stereocenters. The predicted molar refractivity (Wildman–Crippen MR) is 78.8 cm³/mol. The summed E-state index contributed by atoms with van der Waals surface area (Å²) < 4.78 is 6.30. The van der Waals surface area contributed by atoms with Gasteiger partial charge in [0.2, 0.25) is 0 Å². The van der Waals surface area contributed by atoms with E-state index in [0.29, 0.717) is 12.1 Å². The summed E-state index contributed by atoms with van der Waals surface area (Å²) in [5, 5.41) is 3.44. The molecule has 2 nitrogen and oxygen atoms in total. The van der Waals surface area contributed by atoms with Crippen LogP contribution in [-0.2, 0) is 12.8 Å². The van der Waals surface area contributed by atoms with Gasteiger partial charge in [-0.2, -0.15) is 0 Å². The van der Waals surface area contributed by atoms with Crippen LogP contribution >= 0.6 is 0 Å². The van der Waals surface area contributed by atoms with Crippen molar-refractivity contribution in [3.8, 4) is 5.75 Å². The first-order valence-corrected chi connectivity index (χ1v) is 7.82. The van der Waals surface area contributed by atoms with Crippen molar-refractivity contribution >= 4 is 0 Å². The van der Waals surface area contributed by atoms with Crippen LogP contribution in [0.2, 0.25) is 0 Å². The van der Waals surface area contributed by atoms with E-state index in [-0.39, 0.29) is 0 Å². The van der Waals surface area contributed by atoms with Crippen molar-refractivity contribution in [2.75, 3.05) is 7.05 Å². The second-order valence-electron chi connectivity index (χ2n) is 5.97. The van der Waals surface area contributed by atoms with Crippen LogP contribution in [0.25, 0.3) is 0 Å². The lowest BCUT2D eigenvalue weighted by molar-refractivity contribution is 0.149. The van der Waals surface area contributed by atoms with E-state index in [1.165, 1.54) is 62.5 Å². The maximum atomic E-state index is 6.30. The van der Waals surface area contributed by atoms with Crippen LogP contribution in [-0.4, -0.2) is 19.2 Å². The molecule has 104 valence electrons. The quantitative estimate of drug-likeness (QED) is 0.839. The van der Waals surface area contributed by atoms with Gasteiger partial charge in [0.1, 0.15) is 11.9 Å². The van der Waals surface area contributed by atoms with Gasteiger partial charge < -0.3 is 10.1 Å². The van der Waals surface area contributed by atoms with E-state index in [4.69, 9.17) is 4.74 Å². The lowest BCUT2D eigenvalue weighted by atomic mass is 10.1. The van der Waals surface area contributed by atoms with Crippen molar-refractivity contribution < 1.29 is 4.74 Å². The van der Waals surface area contributed by atoms with Gasteiger partial charge in [0.05, 0.1) is 0 Å². The highest BCUT2D eigenvalue weighted by molar-refractivity contribution is 5.38. The summed E-state index contributed by atoms with van der Waals surface area (Å²) in [5.41, 5.74) is 3.03. The fourth-order valence-electron chi connectivity index (χ4n) is 3.54. The van der Waals surface area contributed by atoms with Gasteiger partial charge in [-0.3, -0.25) is 0 Å². The molecule has 0 saturated heterocycles. The molecule has 2 unspecified atom stereocenters. The SMILES string of the molecule is CNC1CCCCCC1Oc1ccc2c(c1)CCC2. The molecule has 1 aromatic rings. The zero-order chi connectivity index (χ0) is 13.1. The van der Waals surface area contributed by atoms with Gasteiger partial charge in [0, 0.05) is 6.04 Å². The van der Waals surface area contributed by atoms with Crippen molar-refractivity contribution in [1.82, 2.24) is 5.32 Å². The molecular weight excluding hydrogens is 234 g/mol. The Morgan fingerprint density at radius 3 is 2.74 bits per heavy atom. The summed E-state index contributed by atoms with van der Waals surface area (Å²) in [4.78, 5) is 0. The minimum atomic E-state index is 0.340. The zero-order valence-electron chi connectivity index (χ0n) is 12.0. The van der Waals surface area contributed by atoms with Crippen molar-refractivity contribution in [3.63, 3.8) is 0 Å². The van der Waals surface area contributed by atoms with E-state index in [9.17, 15) is 0 Å². The van der Waals surface area contributed by atoms with Gasteiger partial charge in [0.25, 0.3) is 0 Å². The summed E-state index contributed by atoms with van der Waals surface area (Å²) in [6.07, 6.45) is 10.5. The van der Waals surface area contributed by atoms with Crippen LogP contribution in [0.5, 0.6) is 5.75 Å². The highest BCUT2D eigenvalue weighted by Crippen LogP contribution is 2.28. The molecule has 0 aromatic heterocycles. The van der Waals surface area contributed by atoms with Crippen molar-refractivity contribution in [2.24, 2.45) is 0 Å². The van der Waals surface area contributed by atoms with Gasteiger partial charge >= 0.3 is 0 Å². The minimum absolute atomic E-state index is 0.340. The van der Waals surface area contributed by atoms with Crippen LogP contribution in [0.15, 0.2) is 18.2 Å². The van der Waals surface area contributed by atoms with E-state index in [1.54, 1.807) is 0 Å². The van der Waals surface area contributed by atoms with E-state index in [1.807, 2.05) is 0 Å². The number of likely N-dealkylation sites (N-methyl/N-ethyl adjacent to an activating group) is 1. The Morgan fingerprint density at radius 2 is 1.84 bits per heavy atom. The van der Waals surface area contributed by atoms with E-state index >= 15 is 0 Å². The molecule has 1 fully saturated rings. The van der Waals surface area contributed by atoms with Crippen molar-refractivity contribution in [2.45, 2.75) is 63.5 Å². The number of hydrogen-bond donors (Lipinski definition) is 1. The molecule has 0 amide bonds. The highest BCUT2D eigenvalue weighted by atomic mass is 16.5. The molecule has 1 saturated carbocycles. The fourth-order valence-corrected chi connectivity index (χ4v) is 3.54. The lowest BCUT2D eigenvalue weighted by Gasteiger charge is -2.26. The molecule has 0 radical (unpaired) electrons. The third kappa shape index (κ3) is 2.94. The first-order chi connectivity index (χ1) is 9.36. The monoisotopic (exact) mass is 259 g/mol. The first kappa shape index (κ1) is 13.0. The Morgan fingerprint density at radius 1 is 1.00 bits per heavy atom. The molecular formula is C17H25NO. The number of ether oxygens (including phenoxy) is 1. The van der Waals surface area contributed by atoms with E-state index in [0.717, 1.165) is 5.75 Å². The largest absolute Gasteiger partial charge is 0.489 e. The number of benzene rings is 1. The molecule has 3 rings (SSSR count). The molecule has 0 aliphatic heterocycles. The van der Waals surface area contributed by atoms with Crippen LogP contribution < -0.4 is 10.1 Å². The third-order valence-corrected chi connectivity index (χ3v) is 4.68. The Bertz CT molecular complexity index is 429. The summed E-state index contributed by atoms with van der Waals surface area (Å²) in [7, 11) is 2.06. The minimum Gasteiger partial charge on any atom is -0.489 e. The molecule has 1 N–H and O–H groups in total. The van der Waals surface area contributed by atoms with Crippen LogP contribution in [0.1, 0.15) is 49.7 Å². The van der Waals surface area contributed by atoms with E-state index < -0.39 is 0 Å². The number of fused-ring (bicyclic) bond motifs is 1. The molecule has 2 heteroatoms. The summed E-state index contributed by atoms with van der Waals surface area (Å²) in [6.45, 7) is 0. The summed E-state index contributed by atoms with van der Waals surface area (Å²) in [6, 6.07) is 7.22. The average Bonchev–Trinajstić information content (AvgIpc) is 2.78. The Hall–Kier alpha value is -1.02. The maximum absolute atomic E-state index is 6.30. The normalized spacial score (nSPS) is 26.8. The second kappa shape index (κ2) is 5.96. The number of aryl methyl sites for hydroxylation is 2. The average molecular weight is 259 g/mol. The van der Waals surface area contributed by atoms with Gasteiger partial charge in [-0.05, 0) is 68.8 Å².